The van der Waals surface area contributed by atoms with Gasteiger partial charge in [-0.05, 0) is 43.3 Å². The highest BCUT2D eigenvalue weighted by molar-refractivity contribution is 7.07. The lowest BCUT2D eigenvalue weighted by molar-refractivity contribution is -0.143. The summed E-state index contributed by atoms with van der Waals surface area (Å²) in [5, 5.41) is 2.15. The van der Waals surface area contributed by atoms with Crippen LogP contribution in [0.3, 0.4) is 0 Å². The molecule has 2 aromatic carbocycles. The first-order valence-corrected chi connectivity index (χ1v) is 10.0. The van der Waals surface area contributed by atoms with Crippen LogP contribution in [0, 0.1) is 0 Å². The first kappa shape index (κ1) is 22.7. The predicted molar refractivity (Wildman–Crippen MR) is 105 cm³/mol. The van der Waals surface area contributed by atoms with Gasteiger partial charge >= 0.3 is 12.4 Å². The van der Waals surface area contributed by atoms with Gasteiger partial charge in [0.15, 0.2) is 4.80 Å². The van der Waals surface area contributed by atoms with Gasteiger partial charge in [-0.2, -0.15) is 26.3 Å². The lowest BCUT2D eigenvalue weighted by Crippen LogP contribution is -2.15. The maximum absolute atomic E-state index is 13.2. The minimum absolute atomic E-state index is 0.103. The zero-order valence-electron chi connectivity index (χ0n) is 15.1. The number of hydrogen-bond acceptors (Lipinski definition) is 2. The molecule has 0 unspecified atom stereocenters. The van der Waals surface area contributed by atoms with E-state index in [4.69, 9.17) is 23.2 Å². The average Bonchev–Trinajstić information content (AvgIpc) is 3.01. The Labute approximate surface area is 181 Å². The normalized spacial score (nSPS) is 13.2. The maximum Gasteiger partial charge on any atom is 0.416 e. The zero-order chi connectivity index (χ0) is 22.3. The molecule has 2 nitrogen and oxygen atoms in total. The van der Waals surface area contributed by atoms with E-state index >= 15 is 0 Å². The molecular weight excluding hydrogens is 473 g/mol. The highest BCUT2D eigenvalue weighted by Crippen LogP contribution is 2.38. The van der Waals surface area contributed by atoms with Crippen molar-refractivity contribution in [2.75, 3.05) is 0 Å². The number of benzene rings is 2. The summed E-state index contributed by atoms with van der Waals surface area (Å²) in [6.07, 6.45) is -9.85. The minimum atomic E-state index is -4.92. The molecule has 0 aliphatic carbocycles. The maximum atomic E-state index is 13.2. The number of halogens is 8. The van der Waals surface area contributed by atoms with Gasteiger partial charge in [0, 0.05) is 27.5 Å². The molecule has 0 saturated heterocycles. The summed E-state index contributed by atoms with van der Waals surface area (Å²) in [4.78, 5) is 4.76. The molecule has 0 spiro atoms. The third kappa shape index (κ3) is 5.01. The zero-order valence-corrected chi connectivity index (χ0v) is 17.4. The van der Waals surface area contributed by atoms with Crippen LogP contribution in [0.25, 0.3) is 11.3 Å². The fourth-order valence-corrected chi connectivity index (χ4v) is 4.28. The first-order valence-electron chi connectivity index (χ1n) is 8.37. The Morgan fingerprint density at radius 2 is 1.40 bits per heavy atom. The number of aromatic nitrogens is 1. The Morgan fingerprint density at radius 3 is 1.87 bits per heavy atom. The second-order valence-corrected chi connectivity index (χ2v) is 7.89. The van der Waals surface area contributed by atoms with Crippen molar-refractivity contribution in [3.63, 3.8) is 0 Å². The van der Waals surface area contributed by atoms with Crippen LogP contribution >= 0.6 is 34.5 Å². The van der Waals surface area contributed by atoms with Crippen molar-refractivity contribution < 1.29 is 26.3 Å². The van der Waals surface area contributed by atoms with Gasteiger partial charge in [-0.15, -0.1) is 11.3 Å². The van der Waals surface area contributed by atoms with E-state index in [1.807, 2.05) is 0 Å². The quantitative estimate of drug-likeness (QED) is 0.337. The first-order chi connectivity index (χ1) is 13.9. The fraction of sp³-hybridized carbons (Fsp3) is 0.211. The molecule has 0 atom stereocenters. The summed E-state index contributed by atoms with van der Waals surface area (Å²) in [7, 11) is 0. The molecule has 0 radical (unpaired) electrons. The van der Waals surface area contributed by atoms with Crippen molar-refractivity contribution >= 4 is 40.2 Å². The summed E-state index contributed by atoms with van der Waals surface area (Å²) < 4.78 is 80.6. The lowest BCUT2D eigenvalue weighted by atomic mass is 10.0. The number of thiazole rings is 1. The molecule has 0 fully saturated rings. The monoisotopic (exact) mass is 484 g/mol. The van der Waals surface area contributed by atoms with Crippen LogP contribution < -0.4 is 4.80 Å². The number of hydrogen-bond donors (Lipinski definition) is 0. The van der Waals surface area contributed by atoms with Gasteiger partial charge in [0.25, 0.3) is 0 Å². The molecule has 1 aromatic heterocycles. The SMILES string of the molecule is CCn1c(-c2cc(C(F)(F)F)cc(C(F)(F)F)c2)csc1=Nc1cc(Cl)cc(Cl)c1. The second kappa shape index (κ2) is 8.28. The van der Waals surface area contributed by atoms with Crippen molar-refractivity contribution in [2.24, 2.45) is 4.99 Å². The molecule has 3 aromatic rings. The predicted octanol–water partition coefficient (Wildman–Crippen LogP) is 7.81. The molecular formula is C19H12Cl2F6N2S. The van der Waals surface area contributed by atoms with E-state index in [1.54, 1.807) is 19.1 Å². The van der Waals surface area contributed by atoms with Crippen LogP contribution in [0.5, 0.6) is 0 Å². The Bertz CT molecular complexity index is 1090. The molecule has 0 aliphatic rings. The Morgan fingerprint density at radius 1 is 0.867 bits per heavy atom. The van der Waals surface area contributed by atoms with Crippen molar-refractivity contribution in [1.82, 2.24) is 4.57 Å². The van der Waals surface area contributed by atoms with Crippen molar-refractivity contribution in [1.29, 1.82) is 0 Å². The standard InChI is InChI=1S/C19H12Cl2F6N2S/c1-2-29-16(9-30-17(29)28-15-7-13(20)6-14(21)8-15)10-3-11(18(22,23)24)5-12(4-10)19(25,26)27/h3-9H,2H2,1H3. The molecule has 0 bridgehead atoms. The van der Waals surface area contributed by atoms with Crippen LogP contribution in [0.2, 0.25) is 10.0 Å². The van der Waals surface area contributed by atoms with Gasteiger partial charge in [-0.3, -0.25) is 0 Å². The Hall–Kier alpha value is -1.97. The van der Waals surface area contributed by atoms with Gasteiger partial charge < -0.3 is 4.57 Å². The highest BCUT2D eigenvalue weighted by atomic mass is 35.5. The second-order valence-electron chi connectivity index (χ2n) is 6.18. The van der Waals surface area contributed by atoms with E-state index in [1.165, 1.54) is 16.0 Å². The van der Waals surface area contributed by atoms with E-state index in [2.05, 4.69) is 4.99 Å². The average molecular weight is 485 g/mol. The number of rotatable bonds is 3. The van der Waals surface area contributed by atoms with E-state index in [9.17, 15) is 26.3 Å². The lowest BCUT2D eigenvalue weighted by Gasteiger charge is -2.15. The van der Waals surface area contributed by atoms with Crippen molar-refractivity contribution in [3.8, 4) is 11.3 Å². The summed E-state index contributed by atoms with van der Waals surface area (Å²) in [6, 6.07) is 6.09. The molecule has 160 valence electrons. The van der Waals surface area contributed by atoms with Gasteiger partial charge in [0.1, 0.15) is 0 Å². The number of nitrogens with zero attached hydrogens (tertiary/aromatic N) is 2. The molecule has 0 aliphatic heterocycles. The largest absolute Gasteiger partial charge is 0.416 e. The van der Waals surface area contributed by atoms with E-state index in [0.717, 1.165) is 11.3 Å². The van der Waals surface area contributed by atoms with Gasteiger partial charge in [0.2, 0.25) is 0 Å². The van der Waals surface area contributed by atoms with Crippen LogP contribution in [-0.2, 0) is 18.9 Å². The molecule has 0 N–H and O–H groups in total. The molecule has 0 saturated carbocycles. The molecule has 1 heterocycles. The smallest absolute Gasteiger partial charge is 0.317 e. The van der Waals surface area contributed by atoms with Gasteiger partial charge in [0.05, 0.1) is 22.5 Å². The summed E-state index contributed by atoms with van der Waals surface area (Å²) in [6.45, 7) is 1.97. The fourth-order valence-electron chi connectivity index (χ4n) is 2.77. The van der Waals surface area contributed by atoms with Crippen molar-refractivity contribution in [2.45, 2.75) is 25.8 Å². The summed E-state index contributed by atoms with van der Waals surface area (Å²) in [5.74, 6) is 0. The summed E-state index contributed by atoms with van der Waals surface area (Å²) in [5.41, 5.74) is -2.36. The third-order valence-corrected chi connectivity index (χ3v) is 5.37. The van der Waals surface area contributed by atoms with Crippen LogP contribution in [0.4, 0.5) is 32.0 Å². The Balaban J connectivity index is 2.21. The molecule has 30 heavy (non-hydrogen) atoms. The van der Waals surface area contributed by atoms with Gasteiger partial charge in [-0.1, -0.05) is 23.2 Å². The van der Waals surface area contributed by atoms with Crippen LogP contribution in [0.1, 0.15) is 18.1 Å². The van der Waals surface area contributed by atoms with E-state index in [0.29, 0.717) is 32.7 Å². The molecule has 0 amide bonds. The topological polar surface area (TPSA) is 17.3 Å². The van der Waals surface area contributed by atoms with Gasteiger partial charge in [-0.25, -0.2) is 4.99 Å². The Kier molecular flexibility index (Phi) is 6.27. The van der Waals surface area contributed by atoms with Crippen LogP contribution in [-0.4, -0.2) is 4.57 Å². The van der Waals surface area contributed by atoms with Crippen molar-refractivity contribution in [3.05, 3.63) is 67.8 Å². The van der Waals surface area contributed by atoms with Crippen LogP contribution in [0.15, 0.2) is 46.8 Å². The molecule has 11 heteroatoms. The van der Waals surface area contributed by atoms with E-state index in [-0.39, 0.29) is 23.9 Å². The molecule has 3 rings (SSSR count). The highest BCUT2D eigenvalue weighted by Gasteiger charge is 2.37. The number of alkyl halides is 6. The minimum Gasteiger partial charge on any atom is -0.317 e. The third-order valence-electron chi connectivity index (χ3n) is 4.07. The summed E-state index contributed by atoms with van der Waals surface area (Å²) >= 11 is 13.0. The van der Waals surface area contributed by atoms with E-state index < -0.39 is 23.5 Å².